The molecule has 1 aromatic rings. The summed E-state index contributed by atoms with van der Waals surface area (Å²) < 4.78 is 0. The molecule has 2 aliphatic heterocycles. The lowest BCUT2D eigenvalue weighted by atomic mass is 9.79. The highest BCUT2D eigenvalue weighted by Gasteiger charge is 2.38. The molecule has 3 nitrogen and oxygen atoms in total. The van der Waals surface area contributed by atoms with Gasteiger partial charge >= 0.3 is 0 Å². The largest absolute Gasteiger partial charge is 0.314 e. The first-order valence-electron chi connectivity index (χ1n) is 8.60. The van der Waals surface area contributed by atoms with Crippen LogP contribution < -0.4 is 5.32 Å². The monoisotopic (exact) mass is 285 g/mol. The molecule has 2 unspecified atom stereocenters. The number of nitrogens with zero attached hydrogens (tertiary/aromatic N) is 2. The van der Waals surface area contributed by atoms with Gasteiger partial charge in [-0.1, -0.05) is 31.2 Å². The van der Waals surface area contributed by atoms with E-state index in [-0.39, 0.29) is 0 Å². The van der Waals surface area contributed by atoms with Crippen molar-refractivity contribution in [3.05, 3.63) is 35.4 Å². The highest BCUT2D eigenvalue weighted by Crippen LogP contribution is 2.42. The van der Waals surface area contributed by atoms with Crippen LogP contribution in [0.15, 0.2) is 24.3 Å². The lowest BCUT2D eigenvalue weighted by Gasteiger charge is -2.51. The van der Waals surface area contributed by atoms with Crippen LogP contribution >= 0.6 is 0 Å². The molecule has 0 spiro atoms. The van der Waals surface area contributed by atoms with Gasteiger partial charge in [0.1, 0.15) is 0 Å². The van der Waals surface area contributed by atoms with Gasteiger partial charge in [-0.15, -0.1) is 0 Å². The predicted molar refractivity (Wildman–Crippen MR) is 86.6 cm³/mol. The molecule has 2 heterocycles. The number of hydrogen-bond donors (Lipinski definition) is 1. The van der Waals surface area contributed by atoms with E-state index in [9.17, 15) is 0 Å². The van der Waals surface area contributed by atoms with Gasteiger partial charge in [-0.25, -0.2) is 0 Å². The summed E-state index contributed by atoms with van der Waals surface area (Å²) in [5.41, 5.74) is 3.20. The topological polar surface area (TPSA) is 18.5 Å². The summed E-state index contributed by atoms with van der Waals surface area (Å²) in [7, 11) is 0. The highest BCUT2D eigenvalue weighted by molar-refractivity contribution is 5.35. The normalized spacial score (nSPS) is 31.7. The standard InChI is InChI=1S/C18H27N3/c1-14-6-7-18(17-5-3-2-4-16(14)17)21-12-15(13-21)20-10-8-19-9-11-20/h2-5,14-15,18-19H,6-13H2,1H3. The summed E-state index contributed by atoms with van der Waals surface area (Å²) in [5.74, 6) is 0.739. The average molecular weight is 285 g/mol. The van der Waals surface area contributed by atoms with E-state index in [1.165, 1.54) is 52.1 Å². The molecule has 3 aliphatic rings. The van der Waals surface area contributed by atoms with Crippen molar-refractivity contribution in [1.29, 1.82) is 0 Å². The van der Waals surface area contributed by atoms with Gasteiger partial charge in [0.2, 0.25) is 0 Å². The van der Waals surface area contributed by atoms with Crippen LogP contribution in [0, 0.1) is 0 Å². The Morgan fingerprint density at radius 1 is 0.952 bits per heavy atom. The maximum Gasteiger partial charge on any atom is 0.0352 e. The van der Waals surface area contributed by atoms with Crippen LogP contribution in [-0.4, -0.2) is 55.1 Å². The Morgan fingerprint density at radius 2 is 1.67 bits per heavy atom. The van der Waals surface area contributed by atoms with Crippen LogP contribution in [0.25, 0.3) is 0 Å². The average Bonchev–Trinajstić information content (AvgIpc) is 2.49. The fourth-order valence-corrected chi connectivity index (χ4v) is 4.38. The summed E-state index contributed by atoms with van der Waals surface area (Å²) in [6.45, 7) is 9.73. The van der Waals surface area contributed by atoms with E-state index in [2.05, 4.69) is 46.3 Å². The predicted octanol–water partition coefficient (Wildman–Crippen LogP) is 2.21. The minimum atomic E-state index is 0.677. The van der Waals surface area contributed by atoms with Crippen molar-refractivity contribution in [1.82, 2.24) is 15.1 Å². The second kappa shape index (κ2) is 5.71. The van der Waals surface area contributed by atoms with Gasteiger partial charge in [-0.05, 0) is 29.9 Å². The molecule has 3 heteroatoms. The van der Waals surface area contributed by atoms with Crippen molar-refractivity contribution in [3.8, 4) is 0 Å². The van der Waals surface area contributed by atoms with Gasteiger partial charge in [0.25, 0.3) is 0 Å². The van der Waals surface area contributed by atoms with E-state index < -0.39 is 0 Å². The van der Waals surface area contributed by atoms with Crippen LogP contribution in [0.5, 0.6) is 0 Å². The molecule has 1 aliphatic carbocycles. The number of benzene rings is 1. The molecular formula is C18H27N3. The quantitative estimate of drug-likeness (QED) is 0.899. The molecular weight excluding hydrogens is 258 g/mol. The first-order chi connectivity index (χ1) is 10.3. The molecule has 2 atom stereocenters. The third-order valence-electron chi connectivity index (χ3n) is 5.76. The van der Waals surface area contributed by atoms with E-state index in [0.717, 1.165) is 12.0 Å². The number of piperazine rings is 1. The van der Waals surface area contributed by atoms with Crippen molar-refractivity contribution < 1.29 is 0 Å². The third-order valence-corrected chi connectivity index (χ3v) is 5.76. The Bertz CT molecular complexity index is 489. The number of fused-ring (bicyclic) bond motifs is 1. The second-order valence-corrected chi connectivity index (χ2v) is 7.02. The van der Waals surface area contributed by atoms with Crippen LogP contribution in [-0.2, 0) is 0 Å². The zero-order valence-corrected chi connectivity index (χ0v) is 13.1. The zero-order chi connectivity index (χ0) is 14.2. The summed E-state index contributed by atoms with van der Waals surface area (Å²) in [6, 6.07) is 10.6. The molecule has 1 aromatic carbocycles. The fourth-order valence-electron chi connectivity index (χ4n) is 4.38. The summed E-state index contributed by atoms with van der Waals surface area (Å²) in [5, 5.41) is 3.45. The van der Waals surface area contributed by atoms with Gasteiger partial charge in [-0.2, -0.15) is 0 Å². The Labute approximate surface area is 128 Å². The minimum Gasteiger partial charge on any atom is -0.314 e. The highest BCUT2D eigenvalue weighted by atomic mass is 15.3. The zero-order valence-electron chi connectivity index (χ0n) is 13.1. The van der Waals surface area contributed by atoms with Gasteiger partial charge in [-0.3, -0.25) is 9.80 Å². The number of likely N-dealkylation sites (tertiary alicyclic amines) is 1. The molecule has 0 radical (unpaired) electrons. The van der Waals surface area contributed by atoms with Crippen LogP contribution in [0.4, 0.5) is 0 Å². The first-order valence-corrected chi connectivity index (χ1v) is 8.60. The Morgan fingerprint density at radius 3 is 2.43 bits per heavy atom. The molecule has 0 saturated carbocycles. The smallest absolute Gasteiger partial charge is 0.0352 e. The second-order valence-electron chi connectivity index (χ2n) is 7.02. The van der Waals surface area contributed by atoms with E-state index in [1.807, 2.05) is 0 Å². The lowest BCUT2D eigenvalue weighted by molar-refractivity contribution is -0.00651. The van der Waals surface area contributed by atoms with Gasteiger partial charge in [0.15, 0.2) is 0 Å². The SMILES string of the molecule is CC1CCC(N2CC(N3CCNCC3)C2)c2ccccc21. The molecule has 0 aromatic heterocycles. The van der Waals surface area contributed by atoms with E-state index in [0.29, 0.717) is 6.04 Å². The molecule has 2 fully saturated rings. The Kier molecular flexibility index (Phi) is 3.74. The molecule has 0 amide bonds. The molecule has 2 saturated heterocycles. The van der Waals surface area contributed by atoms with E-state index in [4.69, 9.17) is 0 Å². The number of nitrogens with one attached hydrogen (secondary N) is 1. The van der Waals surface area contributed by atoms with Crippen molar-refractivity contribution >= 4 is 0 Å². The molecule has 114 valence electrons. The maximum atomic E-state index is 3.45. The van der Waals surface area contributed by atoms with Crippen molar-refractivity contribution in [2.75, 3.05) is 39.3 Å². The number of rotatable bonds is 2. The van der Waals surface area contributed by atoms with Crippen molar-refractivity contribution in [2.45, 2.75) is 37.8 Å². The van der Waals surface area contributed by atoms with E-state index in [1.54, 1.807) is 11.1 Å². The minimum absolute atomic E-state index is 0.677. The van der Waals surface area contributed by atoms with Crippen LogP contribution in [0.2, 0.25) is 0 Å². The van der Waals surface area contributed by atoms with E-state index >= 15 is 0 Å². The molecule has 21 heavy (non-hydrogen) atoms. The summed E-state index contributed by atoms with van der Waals surface area (Å²) in [6.07, 6.45) is 2.68. The lowest BCUT2D eigenvalue weighted by Crippen LogP contribution is -2.63. The summed E-state index contributed by atoms with van der Waals surface area (Å²) in [4.78, 5) is 5.40. The molecule has 0 bridgehead atoms. The first kappa shape index (κ1) is 13.7. The Balaban J connectivity index is 1.43. The molecule has 1 N–H and O–H groups in total. The number of hydrogen-bond acceptors (Lipinski definition) is 3. The fraction of sp³-hybridized carbons (Fsp3) is 0.667. The third kappa shape index (κ3) is 2.52. The van der Waals surface area contributed by atoms with Gasteiger partial charge < -0.3 is 5.32 Å². The van der Waals surface area contributed by atoms with Crippen LogP contribution in [0.1, 0.15) is 42.9 Å². The van der Waals surface area contributed by atoms with Gasteiger partial charge in [0.05, 0.1) is 0 Å². The van der Waals surface area contributed by atoms with Crippen molar-refractivity contribution in [2.24, 2.45) is 0 Å². The van der Waals surface area contributed by atoms with Crippen molar-refractivity contribution in [3.63, 3.8) is 0 Å². The maximum absolute atomic E-state index is 3.45. The van der Waals surface area contributed by atoms with Crippen LogP contribution in [0.3, 0.4) is 0 Å². The van der Waals surface area contributed by atoms with Gasteiger partial charge in [0, 0.05) is 51.4 Å². The Hall–Kier alpha value is -0.900. The summed E-state index contributed by atoms with van der Waals surface area (Å²) >= 11 is 0. The molecule has 4 rings (SSSR count).